The van der Waals surface area contributed by atoms with Gasteiger partial charge in [0.25, 0.3) is 0 Å². The SMILES string of the molecule is C=N/C=C(\C=C/C)c1ccc2[nH]nc(-c3nc4c(-c5ccoc5)cncc4[nH]3)c2n1. The zero-order chi connectivity index (χ0) is 20.5. The molecule has 5 rings (SSSR count). The highest BCUT2D eigenvalue weighted by molar-refractivity contribution is 5.95. The van der Waals surface area contributed by atoms with Crippen LogP contribution in [-0.2, 0) is 0 Å². The van der Waals surface area contributed by atoms with Gasteiger partial charge in [-0.3, -0.25) is 15.1 Å². The lowest BCUT2D eigenvalue weighted by Gasteiger charge is -2.01. The maximum Gasteiger partial charge on any atom is 0.161 e. The minimum atomic E-state index is 0.608. The Morgan fingerprint density at radius 2 is 2.07 bits per heavy atom. The number of fused-ring (bicyclic) bond motifs is 2. The largest absolute Gasteiger partial charge is 0.472 e. The van der Waals surface area contributed by atoms with Crippen molar-refractivity contribution in [2.24, 2.45) is 4.99 Å². The van der Waals surface area contributed by atoms with Crippen molar-refractivity contribution in [2.75, 3.05) is 0 Å². The summed E-state index contributed by atoms with van der Waals surface area (Å²) in [5, 5.41) is 7.48. The van der Waals surface area contributed by atoms with Crippen molar-refractivity contribution in [2.45, 2.75) is 6.92 Å². The molecule has 0 aliphatic heterocycles. The van der Waals surface area contributed by atoms with Gasteiger partial charge in [0.05, 0.1) is 35.5 Å². The number of hydrogen-bond donors (Lipinski definition) is 2. The summed E-state index contributed by atoms with van der Waals surface area (Å²) in [5.74, 6) is 0.608. The number of aromatic amines is 2. The molecule has 0 fully saturated rings. The van der Waals surface area contributed by atoms with Gasteiger partial charge >= 0.3 is 0 Å². The van der Waals surface area contributed by atoms with Crippen LogP contribution in [0.4, 0.5) is 0 Å². The third kappa shape index (κ3) is 2.91. The van der Waals surface area contributed by atoms with Crippen LogP contribution in [0.15, 0.2) is 70.9 Å². The van der Waals surface area contributed by atoms with Crippen molar-refractivity contribution in [3.05, 3.63) is 67.2 Å². The zero-order valence-corrected chi connectivity index (χ0v) is 16.1. The van der Waals surface area contributed by atoms with Gasteiger partial charge in [-0.15, -0.1) is 0 Å². The number of allylic oxidation sites excluding steroid dienone is 3. The summed E-state index contributed by atoms with van der Waals surface area (Å²) in [6.45, 7) is 5.49. The predicted octanol–water partition coefficient (Wildman–Crippen LogP) is 4.77. The van der Waals surface area contributed by atoms with Crippen molar-refractivity contribution in [3.63, 3.8) is 0 Å². The molecule has 0 atom stereocenters. The lowest BCUT2D eigenvalue weighted by molar-refractivity contribution is 0.568. The van der Waals surface area contributed by atoms with Gasteiger partial charge in [0.15, 0.2) is 11.5 Å². The van der Waals surface area contributed by atoms with E-state index in [1.54, 1.807) is 31.1 Å². The Hall–Kier alpha value is -4.33. The monoisotopic (exact) mass is 395 g/mol. The molecule has 5 heterocycles. The zero-order valence-electron chi connectivity index (χ0n) is 16.1. The fourth-order valence-electron chi connectivity index (χ4n) is 3.37. The van der Waals surface area contributed by atoms with E-state index >= 15 is 0 Å². The summed E-state index contributed by atoms with van der Waals surface area (Å²) in [5.41, 5.74) is 7.18. The number of pyridine rings is 2. The third-order valence-electron chi connectivity index (χ3n) is 4.73. The number of nitrogens with zero attached hydrogens (tertiary/aromatic N) is 5. The Morgan fingerprint density at radius 3 is 2.87 bits per heavy atom. The molecule has 0 unspecified atom stereocenters. The smallest absolute Gasteiger partial charge is 0.161 e. The standard InChI is InChI=1S/C22H17N7O/c1-3-4-13(9-23-2)16-5-6-17-20(25-16)21(29-28-17)22-26-18-11-24-10-15(19(18)27-22)14-7-8-30-12-14/h3-12H,2H2,1H3,(H,26,27)(H,28,29)/b4-3-,13-9+. The van der Waals surface area contributed by atoms with Crippen LogP contribution >= 0.6 is 0 Å². The second kappa shape index (κ2) is 7.25. The van der Waals surface area contributed by atoms with E-state index in [1.165, 1.54) is 0 Å². The van der Waals surface area contributed by atoms with Crippen LogP contribution in [0.3, 0.4) is 0 Å². The maximum atomic E-state index is 5.21. The third-order valence-corrected chi connectivity index (χ3v) is 4.73. The van der Waals surface area contributed by atoms with Gasteiger partial charge in [-0.25, -0.2) is 9.97 Å². The van der Waals surface area contributed by atoms with Crippen molar-refractivity contribution in [1.29, 1.82) is 0 Å². The van der Waals surface area contributed by atoms with E-state index in [0.717, 1.165) is 38.9 Å². The molecule has 0 bridgehead atoms. The first-order chi connectivity index (χ1) is 14.8. The average molecular weight is 395 g/mol. The molecule has 146 valence electrons. The topological polar surface area (TPSA) is 109 Å². The van der Waals surface area contributed by atoms with Crippen LogP contribution in [0.5, 0.6) is 0 Å². The number of rotatable bonds is 5. The molecule has 2 N–H and O–H groups in total. The number of H-pyrrole nitrogens is 2. The summed E-state index contributed by atoms with van der Waals surface area (Å²) >= 11 is 0. The number of nitrogens with one attached hydrogen (secondary N) is 2. The van der Waals surface area contributed by atoms with E-state index in [4.69, 9.17) is 14.4 Å². The number of aromatic nitrogens is 6. The second-order valence-electron chi connectivity index (χ2n) is 6.61. The van der Waals surface area contributed by atoms with Gasteiger partial charge in [0, 0.05) is 29.1 Å². The molecule has 0 aliphatic carbocycles. The Kier molecular flexibility index (Phi) is 4.29. The first-order valence-electron chi connectivity index (χ1n) is 9.29. The number of imidazole rings is 1. The fraction of sp³-hybridized carbons (Fsp3) is 0.0455. The molecule has 30 heavy (non-hydrogen) atoms. The first-order valence-corrected chi connectivity index (χ1v) is 9.29. The molecule has 0 saturated carbocycles. The molecule has 5 aromatic heterocycles. The van der Waals surface area contributed by atoms with E-state index < -0.39 is 0 Å². The highest BCUT2D eigenvalue weighted by Crippen LogP contribution is 2.31. The fourth-order valence-corrected chi connectivity index (χ4v) is 3.37. The molecule has 8 nitrogen and oxygen atoms in total. The van der Waals surface area contributed by atoms with Crippen LogP contribution in [0.25, 0.3) is 50.3 Å². The molecule has 0 saturated heterocycles. The number of hydrogen-bond acceptors (Lipinski definition) is 6. The lowest BCUT2D eigenvalue weighted by Crippen LogP contribution is -1.89. The molecule has 5 aromatic rings. The van der Waals surface area contributed by atoms with Gasteiger partial charge in [-0.1, -0.05) is 12.2 Å². The lowest BCUT2D eigenvalue weighted by atomic mass is 10.1. The molecule has 0 aromatic carbocycles. The number of furan rings is 1. The van der Waals surface area contributed by atoms with Crippen LogP contribution in [0.1, 0.15) is 12.6 Å². The summed E-state index contributed by atoms with van der Waals surface area (Å²) in [4.78, 5) is 21.1. The summed E-state index contributed by atoms with van der Waals surface area (Å²) < 4.78 is 5.21. The van der Waals surface area contributed by atoms with E-state index in [1.807, 2.05) is 37.3 Å². The van der Waals surface area contributed by atoms with Crippen LogP contribution < -0.4 is 0 Å². The Bertz CT molecular complexity index is 1420. The van der Waals surface area contributed by atoms with E-state index in [2.05, 4.69) is 31.9 Å². The number of aliphatic imine (C=N–C) groups is 1. The highest BCUT2D eigenvalue weighted by atomic mass is 16.3. The second-order valence-corrected chi connectivity index (χ2v) is 6.61. The Morgan fingerprint density at radius 1 is 1.13 bits per heavy atom. The van der Waals surface area contributed by atoms with Crippen molar-refractivity contribution >= 4 is 34.4 Å². The van der Waals surface area contributed by atoms with Crippen molar-refractivity contribution in [3.8, 4) is 22.6 Å². The minimum absolute atomic E-state index is 0.608. The molecule has 0 spiro atoms. The Balaban J connectivity index is 1.67. The molecular formula is C22H17N7O. The van der Waals surface area contributed by atoms with Crippen LogP contribution in [0.2, 0.25) is 0 Å². The Labute approximate surface area is 171 Å². The highest BCUT2D eigenvalue weighted by Gasteiger charge is 2.17. The summed E-state index contributed by atoms with van der Waals surface area (Å²) in [6.07, 6.45) is 12.4. The van der Waals surface area contributed by atoms with Gasteiger partial charge in [-0.05, 0) is 31.8 Å². The van der Waals surface area contributed by atoms with Gasteiger partial charge in [0.1, 0.15) is 11.0 Å². The van der Waals surface area contributed by atoms with Crippen molar-refractivity contribution < 1.29 is 4.42 Å². The van der Waals surface area contributed by atoms with Crippen LogP contribution in [0, 0.1) is 0 Å². The average Bonchev–Trinajstić information content (AvgIpc) is 3.51. The molecule has 0 aliphatic rings. The van der Waals surface area contributed by atoms with Gasteiger partial charge in [0.2, 0.25) is 0 Å². The maximum absolute atomic E-state index is 5.21. The van der Waals surface area contributed by atoms with E-state index in [-0.39, 0.29) is 0 Å². The van der Waals surface area contributed by atoms with E-state index in [0.29, 0.717) is 17.0 Å². The molecular weight excluding hydrogens is 378 g/mol. The van der Waals surface area contributed by atoms with Crippen LogP contribution in [-0.4, -0.2) is 36.9 Å². The van der Waals surface area contributed by atoms with E-state index in [9.17, 15) is 0 Å². The normalized spacial score (nSPS) is 12.4. The predicted molar refractivity (Wildman–Crippen MR) is 117 cm³/mol. The first kappa shape index (κ1) is 17.7. The summed E-state index contributed by atoms with van der Waals surface area (Å²) in [6, 6.07) is 5.74. The summed E-state index contributed by atoms with van der Waals surface area (Å²) in [7, 11) is 0. The minimum Gasteiger partial charge on any atom is -0.472 e. The quantitative estimate of drug-likeness (QED) is 0.329. The molecule has 8 heteroatoms. The van der Waals surface area contributed by atoms with Crippen molar-refractivity contribution in [1.82, 2.24) is 30.1 Å². The molecule has 0 amide bonds. The molecule has 0 radical (unpaired) electrons. The van der Waals surface area contributed by atoms with Gasteiger partial charge in [-0.2, -0.15) is 5.10 Å². The van der Waals surface area contributed by atoms with Gasteiger partial charge < -0.3 is 9.40 Å².